The van der Waals surface area contributed by atoms with Crippen LogP contribution in [0.15, 0.2) is 47.3 Å². The number of nitrogens with zero attached hydrogens (tertiary/aromatic N) is 7. The molecule has 2 unspecified atom stereocenters. The molecule has 1 aromatic carbocycles. The average Bonchev–Trinajstić information content (AvgIpc) is 3.41. The number of rotatable bonds is 8. The highest BCUT2D eigenvalue weighted by Crippen LogP contribution is 2.61. The predicted molar refractivity (Wildman–Crippen MR) is 180 cm³/mol. The summed E-state index contributed by atoms with van der Waals surface area (Å²) in [5.41, 5.74) is 3.94. The number of halogens is 1. The summed E-state index contributed by atoms with van der Waals surface area (Å²) in [7, 11) is 0. The number of anilines is 1. The van der Waals surface area contributed by atoms with E-state index in [-0.39, 0.29) is 35.6 Å². The fourth-order valence-electron chi connectivity index (χ4n) is 8.22. The zero-order chi connectivity index (χ0) is 32.7. The number of amides is 2. The number of benzene rings is 1. The maximum atomic E-state index is 14.3. The number of hydrogen-bond acceptors (Lipinski definition) is 8. The van der Waals surface area contributed by atoms with Crippen molar-refractivity contribution in [3.8, 4) is 11.1 Å². The maximum Gasteiger partial charge on any atom is 0.248 e. The van der Waals surface area contributed by atoms with Crippen LogP contribution in [0.4, 0.5) is 5.82 Å². The molecule has 1 spiro atoms. The van der Waals surface area contributed by atoms with Crippen molar-refractivity contribution < 1.29 is 14.4 Å². The van der Waals surface area contributed by atoms with Gasteiger partial charge in [-0.2, -0.15) is 5.10 Å². The normalized spacial score (nSPS) is 24.1. The highest BCUT2D eigenvalue weighted by Gasteiger charge is 2.68. The van der Waals surface area contributed by atoms with Crippen molar-refractivity contribution in [3.05, 3.63) is 64.4 Å². The standard InChI is InChI=1S/C35H37BrN8O3/c1-20-5-8-29(36)39-32(20)40-33(47)27-12-35(19-42-17-34(18-42)9-4-10-34)13-28(35)44(27)30(46)16-43-26-7-6-23(24-14-37-22(3)38-15-24)11-25(26)31(41-43)21(2)45/h5-8,11,14-15,27-28H,4,9-10,12-13,16-19H2,1-3H3,(H,39,40,47)/t27-,28?,35?/m0/s1. The number of likely N-dealkylation sites (tertiary alicyclic amines) is 2. The van der Waals surface area contributed by atoms with Crippen LogP contribution in [0, 0.1) is 24.7 Å². The van der Waals surface area contributed by atoms with Crippen LogP contribution in [0.5, 0.6) is 0 Å². The second kappa shape index (κ2) is 11.0. The summed E-state index contributed by atoms with van der Waals surface area (Å²) in [6.45, 7) is 8.29. The molecule has 2 saturated carbocycles. The molecule has 47 heavy (non-hydrogen) atoms. The molecule has 1 N–H and O–H groups in total. The van der Waals surface area contributed by atoms with Crippen molar-refractivity contribution in [2.45, 2.75) is 71.5 Å². The highest BCUT2D eigenvalue weighted by molar-refractivity contribution is 9.10. The molecule has 2 amide bonds. The number of aryl methyl sites for hydroxylation is 2. The zero-order valence-corrected chi connectivity index (χ0v) is 28.4. The first-order valence-corrected chi connectivity index (χ1v) is 17.1. The minimum Gasteiger partial charge on any atom is -0.325 e. The number of aromatic nitrogens is 5. The van der Waals surface area contributed by atoms with Crippen LogP contribution in [0.3, 0.4) is 0 Å². The van der Waals surface area contributed by atoms with Gasteiger partial charge in [0.25, 0.3) is 0 Å². The first kappa shape index (κ1) is 30.3. The van der Waals surface area contributed by atoms with E-state index < -0.39 is 6.04 Å². The fraction of sp³-hybridized carbons (Fsp3) is 0.457. The van der Waals surface area contributed by atoms with Crippen LogP contribution in [0.2, 0.25) is 0 Å². The predicted octanol–water partition coefficient (Wildman–Crippen LogP) is 4.95. The van der Waals surface area contributed by atoms with Gasteiger partial charge in [-0.25, -0.2) is 15.0 Å². The largest absolute Gasteiger partial charge is 0.325 e. The maximum absolute atomic E-state index is 14.3. The molecule has 5 heterocycles. The summed E-state index contributed by atoms with van der Waals surface area (Å²) in [5.74, 6) is 0.573. The highest BCUT2D eigenvalue weighted by atomic mass is 79.9. The number of hydrogen-bond donors (Lipinski definition) is 1. The molecular weight excluding hydrogens is 660 g/mol. The third-order valence-corrected chi connectivity index (χ3v) is 11.3. The molecule has 11 nitrogen and oxygen atoms in total. The van der Waals surface area contributed by atoms with Crippen molar-refractivity contribution >= 4 is 50.2 Å². The molecule has 4 aliphatic rings. The van der Waals surface area contributed by atoms with Gasteiger partial charge in [0.2, 0.25) is 11.8 Å². The second-order valence-electron chi connectivity index (χ2n) is 14.2. The van der Waals surface area contributed by atoms with E-state index in [4.69, 9.17) is 0 Å². The fourth-order valence-corrected chi connectivity index (χ4v) is 8.52. The first-order valence-electron chi connectivity index (χ1n) is 16.3. The lowest BCUT2D eigenvalue weighted by atomic mass is 9.63. The summed E-state index contributed by atoms with van der Waals surface area (Å²) in [5, 5.41) is 8.32. The van der Waals surface area contributed by atoms with Crippen LogP contribution in [0.25, 0.3) is 22.0 Å². The molecule has 4 aromatic rings. The lowest BCUT2D eigenvalue weighted by Gasteiger charge is -2.56. The van der Waals surface area contributed by atoms with Gasteiger partial charge in [-0.3, -0.25) is 19.1 Å². The van der Waals surface area contributed by atoms with Gasteiger partial charge in [0.1, 0.15) is 34.5 Å². The average molecular weight is 698 g/mol. The second-order valence-corrected chi connectivity index (χ2v) is 15.0. The zero-order valence-electron chi connectivity index (χ0n) is 26.8. The van der Waals surface area contributed by atoms with Crippen molar-refractivity contribution in [3.63, 3.8) is 0 Å². The van der Waals surface area contributed by atoms with Gasteiger partial charge in [-0.1, -0.05) is 18.6 Å². The number of piperidine rings is 1. The molecular formula is C35H37BrN8O3. The van der Waals surface area contributed by atoms with Crippen molar-refractivity contribution in [1.29, 1.82) is 0 Å². The Morgan fingerprint density at radius 2 is 1.79 bits per heavy atom. The van der Waals surface area contributed by atoms with Crippen LogP contribution in [0.1, 0.15) is 60.9 Å². The monoisotopic (exact) mass is 696 g/mol. The molecule has 4 fully saturated rings. The van der Waals surface area contributed by atoms with Crippen molar-refractivity contribution in [1.82, 2.24) is 34.5 Å². The van der Waals surface area contributed by atoms with E-state index >= 15 is 0 Å². The molecule has 3 aromatic heterocycles. The number of ketones is 1. The Balaban J connectivity index is 1.08. The van der Waals surface area contributed by atoms with E-state index in [0.29, 0.717) is 44.7 Å². The van der Waals surface area contributed by atoms with Crippen LogP contribution in [-0.4, -0.2) is 83.8 Å². The molecule has 8 rings (SSSR count). The molecule has 12 heteroatoms. The van der Waals surface area contributed by atoms with E-state index in [1.165, 1.54) is 26.2 Å². The number of pyridine rings is 1. The van der Waals surface area contributed by atoms with Crippen LogP contribution < -0.4 is 5.32 Å². The van der Waals surface area contributed by atoms with Gasteiger partial charge in [0.05, 0.1) is 5.52 Å². The lowest BCUT2D eigenvalue weighted by Crippen LogP contribution is -2.60. The van der Waals surface area contributed by atoms with Crippen LogP contribution in [-0.2, 0) is 16.1 Å². The van der Waals surface area contributed by atoms with Gasteiger partial charge in [-0.15, -0.1) is 0 Å². The topological polar surface area (TPSA) is 126 Å². The Labute approximate surface area is 281 Å². The number of fused-ring (bicyclic) bond motifs is 2. The summed E-state index contributed by atoms with van der Waals surface area (Å²) < 4.78 is 2.24. The van der Waals surface area contributed by atoms with Gasteiger partial charge in [-0.05, 0) is 90.2 Å². The van der Waals surface area contributed by atoms with E-state index in [2.05, 4.69) is 46.2 Å². The Bertz CT molecular complexity index is 1950. The van der Waals surface area contributed by atoms with E-state index in [9.17, 15) is 14.4 Å². The Morgan fingerprint density at radius 3 is 2.49 bits per heavy atom. The summed E-state index contributed by atoms with van der Waals surface area (Å²) in [4.78, 5) is 58.4. The van der Waals surface area contributed by atoms with Gasteiger partial charge in [0.15, 0.2) is 5.78 Å². The third-order valence-electron chi connectivity index (χ3n) is 10.9. The van der Waals surface area contributed by atoms with Crippen LogP contribution >= 0.6 is 15.9 Å². The molecule has 0 bridgehead atoms. The van der Waals surface area contributed by atoms with Gasteiger partial charge in [0, 0.05) is 61.4 Å². The minimum absolute atomic E-state index is 0.0116. The lowest BCUT2D eigenvalue weighted by molar-refractivity contribution is -0.138. The number of Topliss-reactive ketones (excluding diaryl/α,β-unsaturated/α-hetero) is 1. The first-order chi connectivity index (χ1) is 22.5. The molecule has 3 atom stereocenters. The Hall–Kier alpha value is -4.03. The van der Waals surface area contributed by atoms with Gasteiger partial charge < -0.3 is 15.1 Å². The Kier molecular flexibility index (Phi) is 7.10. The number of carbonyl (C=O) groups excluding carboxylic acids is 3. The minimum atomic E-state index is -0.623. The van der Waals surface area contributed by atoms with Crippen molar-refractivity contribution in [2.24, 2.45) is 10.8 Å². The van der Waals surface area contributed by atoms with Gasteiger partial charge >= 0.3 is 0 Å². The number of carbonyl (C=O) groups is 3. The molecule has 2 aliphatic carbocycles. The molecule has 0 radical (unpaired) electrons. The number of nitrogens with one attached hydrogen (secondary N) is 1. The summed E-state index contributed by atoms with van der Waals surface area (Å²) in [6, 6.07) is 8.82. The molecule has 2 aliphatic heterocycles. The van der Waals surface area contributed by atoms with E-state index in [1.54, 1.807) is 22.0 Å². The SMILES string of the molecule is CC(=O)c1nn(CC(=O)N2C3CC3(CN3CC4(CCC4)C3)C[C@H]2C(=O)Nc2nc(Br)ccc2C)c2ccc(-c3cnc(C)nc3)cc12. The summed E-state index contributed by atoms with van der Waals surface area (Å²) in [6.07, 6.45) is 8.96. The third kappa shape index (κ3) is 5.25. The smallest absolute Gasteiger partial charge is 0.248 e. The van der Waals surface area contributed by atoms with E-state index in [1.807, 2.05) is 44.2 Å². The molecule has 242 valence electrons. The molecule has 2 saturated heterocycles. The Morgan fingerprint density at radius 1 is 1.02 bits per heavy atom. The summed E-state index contributed by atoms with van der Waals surface area (Å²) >= 11 is 3.41. The van der Waals surface area contributed by atoms with Crippen molar-refractivity contribution in [2.75, 3.05) is 25.0 Å². The quantitative estimate of drug-likeness (QED) is 0.203. The van der Waals surface area contributed by atoms with E-state index in [0.717, 1.165) is 42.7 Å².